The molecule has 0 saturated heterocycles. The van der Waals surface area contributed by atoms with Gasteiger partial charge in [0, 0.05) is 57.6 Å². The molecule has 0 radical (unpaired) electrons. The Morgan fingerprint density at radius 2 is 0.700 bits per heavy atom. The summed E-state index contributed by atoms with van der Waals surface area (Å²) in [6.45, 7) is 1.27. The number of aromatic nitrogens is 2. The van der Waals surface area contributed by atoms with E-state index in [1.165, 1.54) is 11.1 Å². The number of rotatable bonds is 7. The van der Waals surface area contributed by atoms with Gasteiger partial charge in [-0.15, -0.1) is 0 Å². The molecule has 0 atom stereocenters. The van der Waals surface area contributed by atoms with E-state index >= 15 is 0 Å². The SMILES string of the molecule is O=C(NS)c1ccc(C[n+]2c3ccccc3c(-c3c4ccccc4[n+](Cc4ccc(C(=O)NS)cc4)c4ccccc34)c3ccccc32)cc1. The molecule has 2 N–H and O–H groups in total. The first-order valence-electron chi connectivity index (χ1n) is 16.3. The zero-order valence-corrected chi connectivity index (χ0v) is 28.7. The summed E-state index contributed by atoms with van der Waals surface area (Å²) >= 11 is 7.84. The second-order valence-electron chi connectivity index (χ2n) is 12.3. The molecule has 0 unspecified atom stereocenters. The molecule has 0 saturated carbocycles. The zero-order chi connectivity index (χ0) is 34.2. The molecule has 0 bridgehead atoms. The quantitative estimate of drug-likeness (QED) is 0.0785. The fourth-order valence-corrected chi connectivity index (χ4v) is 7.39. The van der Waals surface area contributed by atoms with Crippen LogP contribution in [0.4, 0.5) is 0 Å². The highest BCUT2D eigenvalue weighted by Crippen LogP contribution is 2.41. The van der Waals surface area contributed by atoms with E-state index in [0.29, 0.717) is 24.2 Å². The Labute approximate surface area is 300 Å². The van der Waals surface area contributed by atoms with E-state index in [9.17, 15) is 9.59 Å². The number of benzene rings is 6. The third-order valence-corrected chi connectivity index (χ3v) is 9.83. The number of amides is 2. The summed E-state index contributed by atoms with van der Waals surface area (Å²) in [6, 6.07) is 49.9. The molecule has 8 rings (SSSR count). The summed E-state index contributed by atoms with van der Waals surface area (Å²) in [5.74, 6) is -0.458. The average Bonchev–Trinajstić information content (AvgIpc) is 3.18. The minimum absolute atomic E-state index is 0.229. The smallest absolute Gasteiger partial charge is 0.260 e. The van der Waals surface area contributed by atoms with Gasteiger partial charge >= 0.3 is 0 Å². The lowest BCUT2D eigenvalue weighted by atomic mass is 9.90. The number of carbonyl (C=O) groups is 2. The van der Waals surface area contributed by atoms with Crippen LogP contribution in [0.15, 0.2) is 146 Å². The van der Waals surface area contributed by atoms with Gasteiger partial charge in [-0.05, 0) is 48.5 Å². The van der Waals surface area contributed by atoms with Crippen LogP contribution in [0.2, 0.25) is 0 Å². The molecule has 6 aromatic carbocycles. The molecule has 0 aliphatic heterocycles. The summed E-state index contributed by atoms with van der Waals surface area (Å²) in [5.41, 5.74) is 10.2. The first-order valence-corrected chi connectivity index (χ1v) is 17.2. The number of pyridine rings is 2. The van der Waals surface area contributed by atoms with Gasteiger partial charge < -0.3 is 0 Å². The van der Waals surface area contributed by atoms with Gasteiger partial charge in [0.2, 0.25) is 22.1 Å². The lowest BCUT2D eigenvalue weighted by Crippen LogP contribution is -2.37. The highest BCUT2D eigenvalue weighted by Gasteiger charge is 2.27. The second kappa shape index (κ2) is 13.3. The Bertz CT molecular complexity index is 2310. The van der Waals surface area contributed by atoms with Crippen LogP contribution >= 0.6 is 25.6 Å². The average molecular weight is 689 g/mol. The fraction of sp³-hybridized carbons (Fsp3) is 0.0476. The Kier molecular flexibility index (Phi) is 8.40. The van der Waals surface area contributed by atoms with Gasteiger partial charge in [-0.2, -0.15) is 9.13 Å². The molecular weight excluding hydrogens is 657 g/mol. The number of para-hydroxylation sites is 4. The van der Waals surface area contributed by atoms with Crippen LogP contribution in [0.1, 0.15) is 31.8 Å². The maximum absolute atomic E-state index is 12.1. The number of carbonyl (C=O) groups excluding carboxylic acids is 2. The molecular formula is C42H32N4O2S2+2. The normalized spacial score (nSPS) is 11.3. The fourth-order valence-electron chi connectivity index (χ4n) is 7.13. The van der Waals surface area contributed by atoms with Crippen LogP contribution in [0.5, 0.6) is 0 Å². The van der Waals surface area contributed by atoms with Crippen molar-refractivity contribution in [1.82, 2.24) is 9.44 Å². The van der Waals surface area contributed by atoms with E-state index in [4.69, 9.17) is 0 Å². The van der Waals surface area contributed by atoms with Crippen molar-refractivity contribution >= 4 is 81.1 Å². The van der Waals surface area contributed by atoms with Crippen LogP contribution in [0.3, 0.4) is 0 Å². The van der Waals surface area contributed by atoms with Gasteiger partial charge in [-0.25, -0.2) is 0 Å². The maximum atomic E-state index is 12.1. The molecule has 8 heteroatoms. The van der Waals surface area contributed by atoms with E-state index in [0.717, 1.165) is 54.7 Å². The molecule has 6 nitrogen and oxygen atoms in total. The molecule has 242 valence electrons. The number of nitrogens with zero attached hydrogens (tertiary/aromatic N) is 2. The monoisotopic (exact) mass is 688 g/mol. The number of nitrogens with one attached hydrogen (secondary N) is 2. The van der Waals surface area contributed by atoms with E-state index in [-0.39, 0.29) is 11.8 Å². The van der Waals surface area contributed by atoms with E-state index in [1.54, 1.807) is 0 Å². The topological polar surface area (TPSA) is 66.0 Å². The van der Waals surface area contributed by atoms with Crippen molar-refractivity contribution in [2.24, 2.45) is 0 Å². The van der Waals surface area contributed by atoms with Crippen molar-refractivity contribution in [3.8, 4) is 11.1 Å². The van der Waals surface area contributed by atoms with Gasteiger partial charge in [0.25, 0.3) is 11.8 Å². The Morgan fingerprint density at radius 1 is 0.420 bits per heavy atom. The van der Waals surface area contributed by atoms with E-state index in [2.05, 4.69) is 141 Å². The van der Waals surface area contributed by atoms with Crippen LogP contribution in [0, 0.1) is 0 Å². The lowest BCUT2D eigenvalue weighted by Gasteiger charge is -2.16. The predicted molar refractivity (Wildman–Crippen MR) is 206 cm³/mol. The Morgan fingerprint density at radius 3 is 0.980 bits per heavy atom. The van der Waals surface area contributed by atoms with Crippen LogP contribution in [-0.2, 0) is 13.1 Å². The summed E-state index contributed by atoms with van der Waals surface area (Å²) in [4.78, 5) is 24.3. The number of hydrogen-bond donors (Lipinski definition) is 4. The number of fused-ring (bicyclic) bond motifs is 4. The van der Waals surface area contributed by atoms with E-state index < -0.39 is 0 Å². The zero-order valence-electron chi connectivity index (χ0n) is 26.9. The third-order valence-electron chi connectivity index (χ3n) is 9.42. The third kappa shape index (κ3) is 5.52. The molecule has 8 aromatic rings. The Hall–Kier alpha value is -5.70. The molecule has 0 aliphatic rings. The standard InChI is InChI=1S/C42H30N4O2S2/c47-41(43-49)29-21-17-27(18-22-29)25-45-35-13-5-1-9-31(35)39(32-10-2-6-14-36(32)45)40-33-11-3-7-15-37(33)46(38-16-8-4-12-34(38)40)26-28-19-23-30(24-20-28)42(48)44-50/h1-24H,25-26H2,(H2-2,43,44,47,48,49,50)/p+2. The van der Waals surface area contributed by atoms with Crippen LogP contribution in [-0.4, -0.2) is 11.8 Å². The summed E-state index contributed by atoms with van der Waals surface area (Å²) in [5, 5.41) is 4.62. The van der Waals surface area contributed by atoms with Crippen molar-refractivity contribution in [3.05, 3.63) is 168 Å². The highest BCUT2D eigenvalue weighted by molar-refractivity contribution is 7.79. The minimum Gasteiger partial charge on any atom is -0.299 e. The molecule has 0 spiro atoms. The van der Waals surface area contributed by atoms with Crippen molar-refractivity contribution in [1.29, 1.82) is 0 Å². The van der Waals surface area contributed by atoms with E-state index in [1.807, 2.05) is 48.5 Å². The molecule has 0 aliphatic carbocycles. The molecule has 0 fully saturated rings. The summed E-state index contributed by atoms with van der Waals surface area (Å²) < 4.78 is 9.54. The molecule has 2 aromatic heterocycles. The van der Waals surface area contributed by atoms with Crippen LogP contribution in [0.25, 0.3) is 54.7 Å². The van der Waals surface area contributed by atoms with Gasteiger partial charge in [0.05, 0.1) is 21.5 Å². The van der Waals surface area contributed by atoms with Crippen molar-refractivity contribution < 1.29 is 18.7 Å². The van der Waals surface area contributed by atoms with Crippen LogP contribution < -0.4 is 18.6 Å². The van der Waals surface area contributed by atoms with Gasteiger partial charge in [-0.3, -0.25) is 19.0 Å². The first kappa shape index (κ1) is 31.6. The lowest BCUT2D eigenvalue weighted by molar-refractivity contribution is -0.636. The molecule has 2 amide bonds. The van der Waals surface area contributed by atoms with Gasteiger partial charge in [0.15, 0.2) is 13.1 Å². The molecule has 2 heterocycles. The van der Waals surface area contributed by atoms with Crippen molar-refractivity contribution in [3.63, 3.8) is 0 Å². The number of hydrogen-bond acceptors (Lipinski definition) is 4. The maximum Gasteiger partial charge on any atom is 0.260 e. The second-order valence-corrected chi connectivity index (χ2v) is 12.7. The number of thiol groups is 2. The van der Waals surface area contributed by atoms with Gasteiger partial charge in [0.1, 0.15) is 0 Å². The van der Waals surface area contributed by atoms with Crippen molar-refractivity contribution in [2.75, 3.05) is 0 Å². The minimum atomic E-state index is -0.229. The predicted octanol–water partition coefficient (Wildman–Crippen LogP) is 7.79. The largest absolute Gasteiger partial charge is 0.299 e. The summed E-state index contributed by atoms with van der Waals surface area (Å²) in [7, 11) is 0. The van der Waals surface area contributed by atoms with Gasteiger partial charge in [-0.1, -0.05) is 98.4 Å². The molecule has 50 heavy (non-hydrogen) atoms. The summed E-state index contributed by atoms with van der Waals surface area (Å²) in [6.07, 6.45) is 0. The highest BCUT2D eigenvalue weighted by atomic mass is 32.1. The first-order chi connectivity index (χ1) is 24.6. The van der Waals surface area contributed by atoms with Crippen molar-refractivity contribution in [2.45, 2.75) is 13.1 Å². The Balaban J connectivity index is 1.37.